The molecule has 4 rings (SSSR count). The Kier molecular flexibility index (Phi) is 6.20. The molecule has 0 amide bonds. The molecule has 1 aromatic carbocycles. The first kappa shape index (κ1) is 19.5. The Morgan fingerprint density at radius 1 is 1.44 bits per heavy atom. The zero-order chi connectivity index (χ0) is 19.3. The second-order valence-electron chi connectivity index (χ2n) is 7.13. The van der Waals surface area contributed by atoms with Crippen molar-refractivity contribution in [3.63, 3.8) is 0 Å². The number of hydrogen-bond donors (Lipinski definition) is 1. The number of nitrogens with zero attached hydrogens (tertiary/aromatic N) is 1. The highest BCUT2D eigenvalue weighted by Crippen LogP contribution is 2.35. The summed E-state index contributed by atoms with van der Waals surface area (Å²) in [6.45, 7) is 8.50. The topological polar surface area (TPSA) is 59.0 Å². The number of rotatable bonds is 6. The maximum Gasteiger partial charge on any atom is 0.344 e. The van der Waals surface area contributed by atoms with Crippen LogP contribution in [0.5, 0.6) is 5.75 Å². The van der Waals surface area contributed by atoms with Gasteiger partial charge in [0.25, 0.3) is 0 Å². The average molecular weight is 369 g/mol. The van der Waals surface area contributed by atoms with Gasteiger partial charge in [-0.2, -0.15) is 0 Å². The molecule has 1 atom stereocenters. The van der Waals surface area contributed by atoms with E-state index in [4.69, 9.17) is 9.47 Å². The molecule has 3 aliphatic heterocycles. The van der Waals surface area contributed by atoms with Crippen LogP contribution in [0, 0.1) is 17.8 Å². The predicted molar refractivity (Wildman–Crippen MR) is 103 cm³/mol. The lowest BCUT2D eigenvalue weighted by Crippen LogP contribution is -2.58. The molecule has 3 aliphatic rings. The van der Waals surface area contributed by atoms with Gasteiger partial charge in [-0.1, -0.05) is 17.9 Å². The summed E-state index contributed by atoms with van der Waals surface area (Å²) < 4.78 is 10.5. The van der Waals surface area contributed by atoms with Gasteiger partial charge in [-0.3, -0.25) is 4.90 Å². The number of allylic oxidation sites excluding steroid dienone is 1. The first-order valence-electron chi connectivity index (χ1n) is 9.54. The van der Waals surface area contributed by atoms with Crippen LogP contribution < -0.4 is 4.74 Å². The molecule has 1 aromatic rings. The largest absolute Gasteiger partial charge is 0.482 e. The van der Waals surface area contributed by atoms with Gasteiger partial charge in [-0.25, -0.2) is 4.79 Å². The normalized spacial score (nSPS) is 26.0. The zero-order valence-corrected chi connectivity index (χ0v) is 15.9. The van der Waals surface area contributed by atoms with E-state index in [0.29, 0.717) is 25.3 Å². The Morgan fingerprint density at radius 2 is 2.22 bits per heavy atom. The molecule has 0 radical (unpaired) electrons. The lowest BCUT2D eigenvalue weighted by molar-refractivity contribution is -0.145. The number of piperidine rings is 3. The monoisotopic (exact) mass is 369 g/mol. The first-order valence-corrected chi connectivity index (χ1v) is 9.54. The summed E-state index contributed by atoms with van der Waals surface area (Å²) in [5.74, 6) is 6.75. The van der Waals surface area contributed by atoms with Crippen molar-refractivity contribution < 1.29 is 19.4 Å². The van der Waals surface area contributed by atoms with Gasteiger partial charge in [0.2, 0.25) is 0 Å². The van der Waals surface area contributed by atoms with Crippen molar-refractivity contribution in [1.82, 2.24) is 4.90 Å². The van der Waals surface area contributed by atoms with E-state index in [2.05, 4.69) is 23.3 Å². The Hall–Kier alpha value is -2.29. The van der Waals surface area contributed by atoms with Gasteiger partial charge in [0.05, 0.1) is 6.61 Å². The van der Waals surface area contributed by atoms with E-state index >= 15 is 0 Å². The molecule has 1 unspecified atom stereocenters. The van der Waals surface area contributed by atoms with E-state index in [1.54, 1.807) is 13.0 Å². The van der Waals surface area contributed by atoms with Crippen molar-refractivity contribution in [2.45, 2.75) is 31.8 Å². The van der Waals surface area contributed by atoms with Crippen LogP contribution in [-0.4, -0.2) is 54.4 Å². The molecule has 5 heteroatoms. The smallest absolute Gasteiger partial charge is 0.344 e. The molecule has 3 heterocycles. The van der Waals surface area contributed by atoms with Crippen molar-refractivity contribution in [3.8, 4) is 17.6 Å². The molecule has 0 aromatic heterocycles. The fourth-order valence-corrected chi connectivity index (χ4v) is 3.81. The van der Waals surface area contributed by atoms with E-state index in [1.807, 2.05) is 18.2 Å². The maximum atomic E-state index is 11.5. The Labute approximate surface area is 161 Å². The molecule has 2 bridgehead atoms. The quantitative estimate of drug-likeness (QED) is 0.473. The number of aliphatic hydroxyl groups is 1. The maximum absolute atomic E-state index is 11.5. The third-order valence-electron chi connectivity index (χ3n) is 5.23. The average Bonchev–Trinajstić information content (AvgIpc) is 2.67. The summed E-state index contributed by atoms with van der Waals surface area (Å²) in [4.78, 5) is 13.8. The van der Waals surface area contributed by atoms with Crippen LogP contribution in [-0.2, 0) is 16.0 Å². The number of carbonyl (C=O) groups is 1. The molecule has 0 aliphatic carbocycles. The highest BCUT2D eigenvalue weighted by Gasteiger charge is 2.44. The minimum Gasteiger partial charge on any atom is -0.482 e. The highest BCUT2D eigenvalue weighted by molar-refractivity contribution is 5.71. The summed E-state index contributed by atoms with van der Waals surface area (Å²) in [5.41, 5.74) is 0.802. The SMILES string of the molecule is C=CCc1cc(C#CC2(O)CN3CCC2CC3)ccc1OCC(=O)OCC. The van der Waals surface area contributed by atoms with E-state index in [-0.39, 0.29) is 12.5 Å². The highest BCUT2D eigenvalue weighted by atomic mass is 16.6. The number of fused-ring (bicyclic) bond motifs is 3. The zero-order valence-electron chi connectivity index (χ0n) is 15.9. The molecule has 144 valence electrons. The summed E-state index contributed by atoms with van der Waals surface area (Å²) >= 11 is 0. The minimum absolute atomic E-state index is 0.125. The number of carbonyl (C=O) groups excluding carboxylic acids is 1. The second-order valence-corrected chi connectivity index (χ2v) is 7.13. The third-order valence-corrected chi connectivity index (χ3v) is 5.23. The Balaban J connectivity index is 1.74. The summed E-state index contributed by atoms with van der Waals surface area (Å²) in [7, 11) is 0. The van der Waals surface area contributed by atoms with Crippen LogP contribution in [0.3, 0.4) is 0 Å². The van der Waals surface area contributed by atoms with Crippen molar-refractivity contribution in [2.24, 2.45) is 5.92 Å². The molecule has 1 N–H and O–H groups in total. The molecule has 0 spiro atoms. The third kappa shape index (κ3) is 4.71. The van der Waals surface area contributed by atoms with E-state index in [9.17, 15) is 9.90 Å². The van der Waals surface area contributed by atoms with Crippen LogP contribution in [0.1, 0.15) is 30.9 Å². The van der Waals surface area contributed by atoms with Gasteiger partial charge in [-0.15, -0.1) is 6.58 Å². The number of ether oxygens (including phenoxy) is 2. The molecular formula is C22H27NO4. The van der Waals surface area contributed by atoms with Crippen molar-refractivity contribution in [3.05, 3.63) is 42.0 Å². The number of benzene rings is 1. The Morgan fingerprint density at radius 3 is 2.85 bits per heavy atom. The van der Waals surface area contributed by atoms with E-state index in [0.717, 1.165) is 37.1 Å². The standard InChI is InChI=1S/C22H27NO4/c1-3-5-18-14-17(6-7-20(18)27-15-21(24)26-4-2)8-11-22(25)16-23-12-9-19(22)10-13-23/h3,6-7,14,19,25H,1,4-5,9-10,12-13,15-16H2,2H3. The van der Waals surface area contributed by atoms with Crippen LogP contribution >= 0.6 is 0 Å². The predicted octanol–water partition coefficient (Wildman–Crippen LogP) is 2.17. The second kappa shape index (κ2) is 8.60. The van der Waals surface area contributed by atoms with Gasteiger partial charge in [0.15, 0.2) is 6.61 Å². The van der Waals surface area contributed by atoms with Gasteiger partial charge in [0.1, 0.15) is 11.4 Å². The minimum atomic E-state index is -0.922. The number of esters is 1. The first-order chi connectivity index (χ1) is 13.0. The summed E-state index contributed by atoms with van der Waals surface area (Å²) in [5, 5.41) is 10.9. The van der Waals surface area contributed by atoms with Gasteiger partial charge >= 0.3 is 5.97 Å². The van der Waals surface area contributed by atoms with E-state index < -0.39 is 11.6 Å². The molecule has 0 saturated carbocycles. The summed E-state index contributed by atoms with van der Waals surface area (Å²) in [6.07, 6.45) is 4.40. The van der Waals surface area contributed by atoms with Crippen molar-refractivity contribution in [2.75, 3.05) is 32.8 Å². The van der Waals surface area contributed by atoms with Crippen LogP contribution in [0.25, 0.3) is 0 Å². The van der Waals surface area contributed by atoms with Gasteiger partial charge in [0, 0.05) is 18.0 Å². The van der Waals surface area contributed by atoms with Crippen LogP contribution in [0.4, 0.5) is 0 Å². The fourth-order valence-electron chi connectivity index (χ4n) is 3.81. The molecule has 5 nitrogen and oxygen atoms in total. The lowest BCUT2D eigenvalue weighted by Gasteiger charge is -2.47. The molecule has 3 fully saturated rings. The van der Waals surface area contributed by atoms with E-state index in [1.165, 1.54) is 0 Å². The van der Waals surface area contributed by atoms with Gasteiger partial charge in [-0.05, 0) is 63.0 Å². The molecule has 27 heavy (non-hydrogen) atoms. The van der Waals surface area contributed by atoms with Crippen molar-refractivity contribution in [1.29, 1.82) is 0 Å². The van der Waals surface area contributed by atoms with Crippen LogP contribution in [0.2, 0.25) is 0 Å². The molecule has 3 saturated heterocycles. The molecular weight excluding hydrogens is 342 g/mol. The lowest BCUT2D eigenvalue weighted by atomic mass is 9.76. The summed E-state index contributed by atoms with van der Waals surface area (Å²) in [6, 6.07) is 5.59. The number of hydrogen-bond acceptors (Lipinski definition) is 5. The fraction of sp³-hybridized carbons (Fsp3) is 0.500. The van der Waals surface area contributed by atoms with Gasteiger partial charge < -0.3 is 14.6 Å². The Bertz CT molecular complexity index is 755. The van der Waals surface area contributed by atoms with Crippen LogP contribution in [0.15, 0.2) is 30.9 Å². The van der Waals surface area contributed by atoms with Crippen molar-refractivity contribution >= 4 is 5.97 Å².